The largest absolute Gasteiger partial charge is 0.396 e. The van der Waals surface area contributed by atoms with Crippen molar-refractivity contribution in [1.82, 2.24) is 10.2 Å². The lowest BCUT2D eigenvalue weighted by Crippen LogP contribution is -2.18. The van der Waals surface area contributed by atoms with Gasteiger partial charge in [0.2, 0.25) is 5.13 Å². The van der Waals surface area contributed by atoms with Crippen molar-refractivity contribution in [3.63, 3.8) is 0 Å². The van der Waals surface area contributed by atoms with Gasteiger partial charge in [-0.1, -0.05) is 35.1 Å². The molecular weight excluding hydrogens is 294 g/mol. The summed E-state index contributed by atoms with van der Waals surface area (Å²) in [5, 5.41) is 23.4. The van der Waals surface area contributed by atoms with Gasteiger partial charge in [0.1, 0.15) is 5.01 Å². The Labute approximate surface area is 126 Å². The summed E-state index contributed by atoms with van der Waals surface area (Å²) in [6.45, 7) is 1.02. The number of rotatable bonds is 6. The van der Waals surface area contributed by atoms with E-state index in [0.717, 1.165) is 41.0 Å². The summed E-state index contributed by atoms with van der Waals surface area (Å²) >= 11 is 7.43. The Morgan fingerprint density at radius 1 is 1.25 bits per heavy atom. The molecule has 0 radical (unpaired) electrons. The number of halogens is 1. The average Bonchev–Trinajstić information content (AvgIpc) is 3.12. The van der Waals surface area contributed by atoms with Crippen molar-refractivity contribution in [2.75, 3.05) is 18.5 Å². The number of anilines is 1. The molecule has 0 bridgehead atoms. The second-order valence-corrected chi connectivity index (χ2v) is 6.81. The fourth-order valence-electron chi connectivity index (χ4n) is 2.00. The van der Waals surface area contributed by atoms with Crippen molar-refractivity contribution in [1.29, 1.82) is 0 Å². The molecule has 106 valence electrons. The Hall–Kier alpha value is -1.17. The van der Waals surface area contributed by atoms with Crippen molar-refractivity contribution >= 4 is 28.1 Å². The molecule has 20 heavy (non-hydrogen) atoms. The Kier molecular flexibility index (Phi) is 3.92. The van der Waals surface area contributed by atoms with Crippen LogP contribution in [-0.2, 0) is 6.42 Å². The Morgan fingerprint density at radius 2 is 2.00 bits per heavy atom. The Morgan fingerprint density at radius 3 is 2.65 bits per heavy atom. The number of aliphatic hydroxyl groups is 1. The number of hydrogen-bond acceptors (Lipinski definition) is 5. The number of nitrogens with one attached hydrogen (secondary N) is 1. The molecule has 0 aliphatic heterocycles. The topological polar surface area (TPSA) is 58.0 Å². The van der Waals surface area contributed by atoms with E-state index in [1.165, 1.54) is 5.56 Å². The van der Waals surface area contributed by atoms with Crippen LogP contribution in [0.3, 0.4) is 0 Å². The van der Waals surface area contributed by atoms with E-state index in [4.69, 9.17) is 11.6 Å². The van der Waals surface area contributed by atoms with E-state index in [9.17, 15) is 5.11 Å². The van der Waals surface area contributed by atoms with Gasteiger partial charge in [0.05, 0.1) is 6.61 Å². The Balaban J connectivity index is 1.57. The monoisotopic (exact) mass is 309 g/mol. The molecule has 1 aromatic heterocycles. The molecule has 1 saturated carbocycles. The molecule has 0 amide bonds. The van der Waals surface area contributed by atoms with Crippen molar-refractivity contribution in [2.24, 2.45) is 5.41 Å². The predicted molar refractivity (Wildman–Crippen MR) is 81.4 cm³/mol. The maximum Gasteiger partial charge on any atom is 0.205 e. The molecule has 2 aromatic rings. The Bertz CT molecular complexity index is 580. The van der Waals surface area contributed by atoms with Crippen molar-refractivity contribution in [3.8, 4) is 0 Å². The number of aliphatic hydroxyl groups excluding tert-OH is 1. The summed E-state index contributed by atoms with van der Waals surface area (Å²) in [5.41, 5.74) is 1.26. The molecule has 1 heterocycles. The normalized spacial score (nSPS) is 16.1. The minimum absolute atomic E-state index is 0.0853. The lowest BCUT2D eigenvalue weighted by molar-refractivity contribution is 0.220. The fourth-order valence-corrected chi connectivity index (χ4v) is 2.90. The molecule has 4 nitrogen and oxygen atoms in total. The first kappa shape index (κ1) is 13.8. The van der Waals surface area contributed by atoms with E-state index in [2.05, 4.69) is 15.5 Å². The van der Waals surface area contributed by atoms with Gasteiger partial charge in [0.25, 0.3) is 0 Å². The fraction of sp³-hybridized carbons (Fsp3) is 0.429. The van der Waals surface area contributed by atoms with Gasteiger partial charge >= 0.3 is 0 Å². The molecule has 2 N–H and O–H groups in total. The highest BCUT2D eigenvalue weighted by molar-refractivity contribution is 7.15. The third-order valence-corrected chi connectivity index (χ3v) is 4.78. The lowest BCUT2D eigenvalue weighted by atomic mass is 10.1. The summed E-state index contributed by atoms with van der Waals surface area (Å²) in [7, 11) is 0. The van der Waals surface area contributed by atoms with Gasteiger partial charge in [0.15, 0.2) is 0 Å². The van der Waals surface area contributed by atoms with Crippen LogP contribution < -0.4 is 5.32 Å². The van der Waals surface area contributed by atoms with Crippen LogP contribution in [0.2, 0.25) is 5.02 Å². The van der Waals surface area contributed by atoms with Gasteiger partial charge in [0, 0.05) is 23.4 Å². The van der Waals surface area contributed by atoms with Crippen LogP contribution in [0.5, 0.6) is 0 Å². The SMILES string of the molecule is OCC1(CNc2nnc(Cc3ccc(Cl)cc3)s2)CC1. The molecule has 0 unspecified atom stereocenters. The lowest BCUT2D eigenvalue weighted by Gasteiger charge is -2.10. The predicted octanol–water partition coefficient (Wildman–Crippen LogP) is 2.97. The molecule has 1 fully saturated rings. The summed E-state index contributed by atoms with van der Waals surface area (Å²) in [4.78, 5) is 0. The second-order valence-electron chi connectivity index (χ2n) is 5.32. The minimum Gasteiger partial charge on any atom is -0.396 e. The van der Waals surface area contributed by atoms with Gasteiger partial charge in [-0.25, -0.2) is 0 Å². The van der Waals surface area contributed by atoms with Crippen molar-refractivity contribution < 1.29 is 5.11 Å². The minimum atomic E-state index is 0.0853. The van der Waals surface area contributed by atoms with Crippen LogP contribution >= 0.6 is 22.9 Å². The summed E-state index contributed by atoms with van der Waals surface area (Å²) in [5.74, 6) is 0. The van der Waals surface area contributed by atoms with E-state index in [1.54, 1.807) is 11.3 Å². The van der Waals surface area contributed by atoms with Gasteiger partial charge in [-0.15, -0.1) is 10.2 Å². The van der Waals surface area contributed by atoms with Crippen LogP contribution in [-0.4, -0.2) is 28.5 Å². The zero-order valence-electron chi connectivity index (χ0n) is 11.0. The number of nitrogens with zero attached hydrogens (tertiary/aromatic N) is 2. The van der Waals surface area contributed by atoms with Crippen LogP contribution in [0.15, 0.2) is 24.3 Å². The van der Waals surface area contributed by atoms with E-state index in [0.29, 0.717) is 0 Å². The van der Waals surface area contributed by atoms with E-state index < -0.39 is 0 Å². The molecule has 1 aliphatic rings. The molecule has 0 atom stereocenters. The third kappa shape index (κ3) is 3.29. The first-order valence-electron chi connectivity index (χ1n) is 6.61. The second kappa shape index (κ2) is 5.68. The smallest absolute Gasteiger partial charge is 0.205 e. The third-order valence-electron chi connectivity index (χ3n) is 3.64. The standard InChI is InChI=1S/C14H16ClN3OS/c15-11-3-1-10(2-4-11)7-12-17-18-13(20-12)16-8-14(9-19)5-6-14/h1-4,19H,5-9H2,(H,16,18). The van der Waals surface area contributed by atoms with Crippen LogP contribution in [0.1, 0.15) is 23.4 Å². The highest BCUT2D eigenvalue weighted by Crippen LogP contribution is 2.45. The number of hydrogen-bond donors (Lipinski definition) is 2. The van der Waals surface area contributed by atoms with Gasteiger partial charge in [-0.05, 0) is 30.5 Å². The van der Waals surface area contributed by atoms with E-state index in [-0.39, 0.29) is 12.0 Å². The number of aromatic nitrogens is 2. The summed E-state index contributed by atoms with van der Waals surface area (Å²) in [6, 6.07) is 7.77. The summed E-state index contributed by atoms with van der Waals surface area (Å²) < 4.78 is 0. The maximum atomic E-state index is 9.27. The highest BCUT2D eigenvalue weighted by Gasteiger charge is 2.41. The highest BCUT2D eigenvalue weighted by atomic mass is 35.5. The van der Waals surface area contributed by atoms with E-state index in [1.807, 2.05) is 24.3 Å². The van der Waals surface area contributed by atoms with E-state index >= 15 is 0 Å². The molecule has 1 aliphatic carbocycles. The first-order chi connectivity index (χ1) is 9.69. The van der Waals surface area contributed by atoms with Crippen molar-refractivity contribution in [3.05, 3.63) is 39.9 Å². The first-order valence-corrected chi connectivity index (χ1v) is 7.80. The molecule has 6 heteroatoms. The zero-order chi connectivity index (χ0) is 14.0. The molecule has 3 rings (SSSR count). The van der Waals surface area contributed by atoms with Gasteiger partial charge in [-0.3, -0.25) is 0 Å². The zero-order valence-corrected chi connectivity index (χ0v) is 12.5. The van der Waals surface area contributed by atoms with Crippen LogP contribution in [0.25, 0.3) is 0 Å². The summed E-state index contributed by atoms with van der Waals surface area (Å²) in [6.07, 6.45) is 2.95. The maximum absolute atomic E-state index is 9.27. The van der Waals surface area contributed by atoms with Gasteiger partial charge < -0.3 is 10.4 Å². The quantitative estimate of drug-likeness (QED) is 0.861. The number of benzene rings is 1. The molecule has 0 saturated heterocycles. The van der Waals surface area contributed by atoms with Crippen LogP contribution in [0.4, 0.5) is 5.13 Å². The molecular formula is C14H16ClN3OS. The van der Waals surface area contributed by atoms with Gasteiger partial charge in [-0.2, -0.15) is 0 Å². The van der Waals surface area contributed by atoms with Crippen molar-refractivity contribution in [2.45, 2.75) is 19.3 Å². The average molecular weight is 310 g/mol. The van der Waals surface area contributed by atoms with Crippen LogP contribution in [0, 0.1) is 5.41 Å². The molecule has 1 aromatic carbocycles. The molecule has 0 spiro atoms.